The summed E-state index contributed by atoms with van der Waals surface area (Å²) in [7, 11) is 0. The van der Waals surface area contributed by atoms with Gasteiger partial charge in [-0.1, -0.05) is 12.8 Å². The van der Waals surface area contributed by atoms with E-state index in [2.05, 4.69) is 21.5 Å². The molecule has 0 spiro atoms. The molecule has 0 unspecified atom stereocenters. The maximum Gasteiger partial charge on any atom is 0.211 e. The highest BCUT2D eigenvalue weighted by atomic mass is 16.3. The van der Waals surface area contributed by atoms with E-state index in [-0.39, 0.29) is 0 Å². The molecule has 0 heterocycles. The van der Waals surface area contributed by atoms with Gasteiger partial charge in [-0.3, -0.25) is 0 Å². The van der Waals surface area contributed by atoms with Crippen LogP contribution in [0, 0.1) is 16.2 Å². The van der Waals surface area contributed by atoms with E-state index in [9.17, 15) is 10.2 Å². The largest absolute Gasteiger partial charge is 0.211 e. The van der Waals surface area contributed by atoms with E-state index < -0.39 is 11.2 Å². The second-order valence-corrected chi connectivity index (χ2v) is 5.54. The summed E-state index contributed by atoms with van der Waals surface area (Å²) < 4.78 is 0. The Kier molecular flexibility index (Phi) is 4.05. The van der Waals surface area contributed by atoms with Gasteiger partial charge in [0.1, 0.15) is 0 Å². The van der Waals surface area contributed by atoms with Crippen molar-refractivity contribution >= 4 is 0 Å². The van der Waals surface area contributed by atoms with Crippen molar-refractivity contribution in [3.63, 3.8) is 0 Å². The minimum atomic E-state index is -0.875. The average Bonchev–Trinajstić information content (AvgIpc) is 2.47. The number of hydrogen-bond donors (Lipinski definition) is 0. The van der Waals surface area contributed by atoms with Crippen LogP contribution in [0.15, 0.2) is 15.4 Å². The molecule has 0 aliphatic heterocycles. The number of nitrogens with zero attached hydrogens (tertiary/aromatic N) is 4. The summed E-state index contributed by atoms with van der Waals surface area (Å²) in [6.45, 7) is 0. The fourth-order valence-corrected chi connectivity index (χ4v) is 2.89. The molecule has 0 aromatic carbocycles. The SMILES string of the molecule is N#CC1(/N=N/C2(N=O)CCCCC2)CCCCC1. The van der Waals surface area contributed by atoms with E-state index in [0.29, 0.717) is 12.8 Å². The normalized spacial score (nSPS) is 26.6. The zero-order valence-electron chi connectivity index (χ0n) is 10.8. The molecule has 2 rings (SSSR count). The molecule has 2 saturated carbocycles. The van der Waals surface area contributed by atoms with E-state index >= 15 is 0 Å². The maximum atomic E-state index is 11.1. The van der Waals surface area contributed by atoms with Crippen molar-refractivity contribution in [1.29, 1.82) is 5.26 Å². The lowest BCUT2D eigenvalue weighted by atomic mass is 9.84. The molecule has 2 fully saturated rings. The Morgan fingerprint density at radius 3 is 1.89 bits per heavy atom. The zero-order valence-corrected chi connectivity index (χ0v) is 10.8. The van der Waals surface area contributed by atoms with Gasteiger partial charge in [-0.05, 0) is 56.5 Å². The van der Waals surface area contributed by atoms with Crippen LogP contribution in [0.25, 0.3) is 0 Å². The molecule has 0 bridgehead atoms. The van der Waals surface area contributed by atoms with Crippen LogP contribution in [0.2, 0.25) is 0 Å². The lowest BCUT2D eigenvalue weighted by Crippen LogP contribution is -2.30. The van der Waals surface area contributed by atoms with Crippen molar-refractivity contribution in [2.75, 3.05) is 0 Å². The number of nitroso groups, excluding NO2 is 1. The van der Waals surface area contributed by atoms with Crippen LogP contribution in [0.1, 0.15) is 64.2 Å². The number of azo groups is 1. The first-order chi connectivity index (χ1) is 8.74. The Hall–Kier alpha value is -1.31. The van der Waals surface area contributed by atoms with Gasteiger partial charge in [-0.15, -0.1) is 4.91 Å². The van der Waals surface area contributed by atoms with Crippen molar-refractivity contribution in [3.05, 3.63) is 4.91 Å². The summed E-state index contributed by atoms with van der Waals surface area (Å²) in [5, 5.41) is 21.0. The molecule has 2 aliphatic rings. The molecule has 0 N–H and O–H groups in total. The standard InChI is InChI=1S/C13H20N4O/c14-11-12(7-3-1-4-8-12)15-16-13(17-18)9-5-2-6-10-13/h1-10H2/b16-15+. The van der Waals surface area contributed by atoms with Gasteiger partial charge in [0.25, 0.3) is 0 Å². The monoisotopic (exact) mass is 248 g/mol. The minimum Gasteiger partial charge on any atom is -0.196 e. The summed E-state index contributed by atoms with van der Waals surface area (Å²) in [6, 6.07) is 2.29. The third-order valence-corrected chi connectivity index (χ3v) is 4.14. The predicted octanol–water partition coefficient (Wildman–Crippen LogP) is 4.09. The summed E-state index contributed by atoms with van der Waals surface area (Å²) in [4.78, 5) is 11.1. The molecule has 0 atom stereocenters. The van der Waals surface area contributed by atoms with Gasteiger partial charge in [0.05, 0.1) is 6.07 Å². The molecule has 5 nitrogen and oxygen atoms in total. The highest BCUT2D eigenvalue weighted by Crippen LogP contribution is 2.36. The van der Waals surface area contributed by atoms with Crippen LogP contribution in [-0.4, -0.2) is 11.2 Å². The van der Waals surface area contributed by atoms with E-state index in [1.807, 2.05) is 0 Å². The number of rotatable bonds is 3. The van der Waals surface area contributed by atoms with Crippen molar-refractivity contribution in [2.45, 2.75) is 75.4 Å². The van der Waals surface area contributed by atoms with Gasteiger partial charge in [0.2, 0.25) is 5.66 Å². The molecule has 0 radical (unpaired) electrons. The molecule has 18 heavy (non-hydrogen) atoms. The fraction of sp³-hybridized carbons (Fsp3) is 0.923. The maximum absolute atomic E-state index is 11.1. The molecule has 5 heteroatoms. The fourth-order valence-electron chi connectivity index (χ4n) is 2.89. The van der Waals surface area contributed by atoms with Crippen molar-refractivity contribution in [2.24, 2.45) is 15.4 Å². The van der Waals surface area contributed by atoms with Crippen molar-refractivity contribution in [3.8, 4) is 6.07 Å². The second-order valence-electron chi connectivity index (χ2n) is 5.54. The number of nitriles is 1. The van der Waals surface area contributed by atoms with E-state index in [0.717, 1.165) is 51.4 Å². The van der Waals surface area contributed by atoms with E-state index in [1.54, 1.807) is 0 Å². The lowest BCUT2D eigenvalue weighted by Gasteiger charge is -2.29. The first-order valence-electron chi connectivity index (χ1n) is 6.94. The summed E-state index contributed by atoms with van der Waals surface area (Å²) >= 11 is 0. The molecule has 0 amide bonds. The van der Waals surface area contributed by atoms with Crippen LogP contribution >= 0.6 is 0 Å². The Balaban J connectivity index is 2.11. The van der Waals surface area contributed by atoms with Crippen molar-refractivity contribution in [1.82, 2.24) is 0 Å². The molecule has 0 aromatic rings. The first kappa shape index (κ1) is 13.1. The molecule has 0 saturated heterocycles. The summed E-state index contributed by atoms with van der Waals surface area (Å²) in [6.07, 6.45) is 9.19. The molecular weight excluding hydrogens is 228 g/mol. The smallest absolute Gasteiger partial charge is 0.196 e. The van der Waals surface area contributed by atoms with Crippen LogP contribution < -0.4 is 0 Å². The summed E-state index contributed by atoms with van der Waals surface area (Å²) in [5.74, 6) is 0. The lowest BCUT2D eigenvalue weighted by molar-refractivity contribution is 0.271. The molecule has 98 valence electrons. The van der Waals surface area contributed by atoms with Gasteiger partial charge in [-0.25, -0.2) is 0 Å². The van der Waals surface area contributed by atoms with Crippen LogP contribution in [0.5, 0.6) is 0 Å². The van der Waals surface area contributed by atoms with Crippen LogP contribution in [-0.2, 0) is 0 Å². The minimum absolute atomic E-state index is 0.682. The molecule has 2 aliphatic carbocycles. The molecular formula is C13H20N4O. The predicted molar refractivity (Wildman–Crippen MR) is 67.9 cm³/mol. The van der Waals surface area contributed by atoms with Crippen LogP contribution in [0.3, 0.4) is 0 Å². The third-order valence-electron chi connectivity index (χ3n) is 4.14. The van der Waals surface area contributed by atoms with Gasteiger partial charge >= 0.3 is 0 Å². The quantitative estimate of drug-likeness (QED) is 0.557. The van der Waals surface area contributed by atoms with Gasteiger partial charge < -0.3 is 0 Å². The third kappa shape index (κ3) is 2.74. The Morgan fingerprint density at radius 2 is 1.39 bits per heavy atom. The zero-order chi connectivity index (χ0) is 12.9. The molecule has 0 aromatic heterocycles. The van der Waals surface area contributed by atoms with Crippen molar-refractivity contribution < 1.29 is 0 Å². The average molecular weight is 248 g/mol. The number of hydrogen-bond acceptors (Lipinski definition) is 5. The highest BCUT2D eigenvalue weighted by molar-refractivity contribution is 5.08. The van der Waals surface area contributed by atoms with Crippen LogP contribution in [0.4, 0.5) is 0 Å². The Bertz CT molecular complexity index is 360. The van der Waals surface area contributed by atoms with Gasteiger partial charge in [-0.2, -0.15) is 15.5 Å². The van der Waals surface area contributed by atoms with Gasteiger partial charge in [0, 0.05) is 0 Å². The second kappa shape index (κ2) is 5.55. The Morgan fingerprint density at radius 1 is 0.833 bits per heavy atom. The van der Waals surface area contributed by atoms with E-state index in [1.165, 1.54) is 0 Å². The summed E-state index contributed by atoms with van der Waals surface area (Å²) in [5.41, 5.74) is -1.56. The Labute approximate surface area is 108 Å². The highest BCUT2D eigenvalue weighted by Gasteiger charge is 2.37. The van der Waals surface area contributed by atoms with Gasteiger partial charge in [0.15, 0.2) is 5.54 Å². The topological polar surface area (TPSA) is 77.9 Å². The van der Waals surface area contributed by atoms with E-state index in [4.69, 9.17) is 0 Å². The first-order valence-corrected chi connectivity index (χ1v) is 6.94.